The number of amides is 4. The highest BCUT2D eigenvalue weighted by molar-refractivity contribution is 8.08. The van der Waals surface area contributed by atoms with E-state index in [-0.39, 0.29) is 108 Å². The highest BCUT2D eigenvalue weighted by Crippen LogP contribution is 2.68. The lowest BCUT2D eigenvalue weighted by atomic mass is 9.79. The summed E-state index contributed by atoms with van der Waals surface area (Å²) in [6.07, 6.45) is -10.7. The van der Waals surface area contributed by atoms with Gasteiger partial charge in [0.25, 0.3) is 11.1 Å². The van der Waals surface area contributed by atoms with Gasteiger partial charge in [-0.15, -0.1) is 0 Å². The maximum Gasteiger partial charge on any atom is 0.488 e. The van der Waals surface area contributed by atoms with Crippen molar-refractivity contribution in [1.29, 1.82) is 0 Å². The summed E-state index contributed by atoms with van der Waals surface area (Å²) in [7, 11) is -22.5. The first-order valence-corrected chi connectivity index (χ1v) is 48.7. The molecule has 0 spiro atoms. The third-order valence-electron chi connectivity index (χ3n) is 20.1. The van der Waals surface area contributed by atoms with Gasteiger partial charge < -0.3 is 120 Å². The number of nitrogens with zero attached hydrogens (tertiary/aromatic N) is 8. The van der Waals surface area contributed by atoms with E-state index in [1.807, 2.05) is 26.0 Å². The van der Waals surface area contributed by atoms with Crippen molar-refractivity contribution in [3.8, 4) is 0 Å². The maximum atomic E-state index is 13.0. The molecule has 124 heavy (non-hydrogen) atoms. The number of rotatable bonds is 32. The predicted octanol–water partition coefficient (Wildman–Crippen LogP) is 3.24. The maximum absolute atomic E-state index is 13.0. The number of carbonyl (C=O) groups is 4. The minimum atomic E-state index is -5.69. The number of aliphatic hydroxyl groups is 2. The van der Waals surface area contributed by atoms with E-state index in [0.29, 0.717) is 37.1 Å². The fourth-order valence-electron chi connectivity index (χ4n) is 15.1. The Morgan fingerprint density at radius 3 is 1.35 bits per heavy atom. The van der Waals surface area contributed by atoms with Crippen LogP contribution in [0.15, 0.2) is 77.1 Å². The van der Waals surface area contributed by atoms with Crippen molar-refractivity contribution in [1.82, 2.24) is 60.3 Å². The topological polar surface area (TPSA) is 725 Å². The molecule has 14 atom stereocenters. The number of phosphoric acid groups is 4. The molecular formula is C66H90N16O34P6S2. The molecule has 0 radical (unpaired) electrons. The highest BCUT2D eigenvalue weighted by Gasteiger charge is 2.52. The number of aryl methyl sites for hydroxylation is 2. The number of imidazole rings is 2. The van der Waals surface area contributed by atoms with Crippen molar-refractivity contribution >= 4 is 160 Å². The first-order valence-electron chi connectivity index (χ1n) is 37.5. The van der Waals surface area contributed by atoms with E-state index in [0.717, 1.165) is 79.0 Å². The number of aromatic amines is 2. The summed E-state index contributed by atoms with van der Waals surface area (Å²) in [5.74, 6) is -0.791. The Morgan fingerprint density at radius 1 is 0.548 bits per heavy atom. The zero-order valence-electron chi connectivity index (χ0n) is 66.8. The van der Waals surface area contributed by atoms with Gasteiger partial charge in [-0.2, -0.15) is 18.6 Å². The number of phosphoric ester groups is 2. The third kappa shape index (κ3) is 23.9. The van der Waals surface area contributed by atoms with Gasteiger partial charge in [-0.25, -0.2) is 56.0 Å². The quantitative estimate of drug-likeness (QED) is 0.0163. The average Bonchev–Trinajstić information content (AvgIpc) is 1.06. The van der Waals surface area contributed by atoms with Crippen LogP contribution in [0.1, 0.15) is 127 Å². The van der Waals surface area contributed by atoms with Crippen LogP contribution in [0.4, 0.5) is 32.9 Å². The highest BCUT2D eigenvalue weighted by atomic mass is 32.5. The SMILES string of the molecule is Cc1cc(=O)oc2cc3c(cc12)C(C)CC(C)(C)N3CCCC(=O)NCCNC(=O)O[C@@H]1[C@H](O)[C@@H](COP(=O)(O)OP(=O)(O)OP(O)(O)=S)O[C@H]1n1cnc2c(=O)[nH]c(N)nc21.Cc1cc(=O)oc2cc3c(cc12)C(C)CC(C)(C)N3CCCC(=O)NCCNC(=O)O[C@H]1[C@@H](O)[C@H](n2cnc3c(=O)[nH]c(N)nc32)O[C@@H]1COP(=O)(O)OP(=O)(O)OP(O)(O)=S. The van der Waals surface area contributed by atoms with E-state index in [1.165, 1.54) is 12.1 Å². The Labute approximate surface area is 710 Å². The summed E-state index contributed by atoms with van der Waals surface area (Å²) < 4.78 is 110. The van der Waals surface area contributed by atoms with Crippen LogP contribution in [0.2, 0.25) is 0 Å². The van der Waals surface area contributed by atoms with Crippen LogP contribution < -0.4 is 64.9 Å². The molecule has 58 heteroatoms. The van der Waals surface area contributed by atoms with Gasteiger partial charge in [-0.1, -0.05) is 13.8 Å². The average molecular weight is 1900 g/mol. The van der Waals surface area contributed by atoms with Gasteiger partial charge in [-0.3, -0.25) is 47.3 Å². The second kappa shape index (κ2) is 38.0. The largest absolute Gasteiger partial charge is 0.488 e. The lowest BCUT2D eigenvalue weighted by Gasteiger charge is -2.47. The van der Waals surface area contributed by atoms with Crippen molar-refractivity contribution in [2.75, 3.05) is 73.7 Å². The van der Waals surface area contributed by atoms with Crippen LogP contribution in [0.25, 0.3) is 44.3 Å². The Hall–Kier alpha value is -8.26. The number of nitrogen functional groups attached to an aromatic ring is 2. The second-order valence-corrected chi connectivity index (χ2v) is 42.1. The number of benzene rings is 2. The van der Waals surface area contributed by atoms with E-state index in [9.17, 15) is 86.4 Å². The van der Waals surface area contributed by atoms with Crippen molar-refractivity contribution in [3.63, 3.8) is 0 Å². The summed E-state index contributed by atoms with van der Waals surface area (Å²) in [6, 6.07) is 10.8. The molecule has 20 N–H and O–H groups in total. The third-order valence-corrected chi connectivity index (χ3v) is 28.9. The molecule has 4 aliphatic rings. The van der Waals surface area contributed by atoms with E-state index < -0.39 is 142 Å². The molecule has 2 aromatic carbocycles. The number of nitrogens with two attached hydrogens (primary N) is 2. The summed E-state index contributed by atoms with van der Waals surface area (Å²) >= 11 is 8.13. The van der Waals surface area contributed by atoms with Crippen molar-refractivity contribution in [2.24, 2.45) is 0 Å². The van der Waals surface area contributed by atoms with Crippen LogP contribution in [0.5, 0.6) is 0 Å². The number of carbonyl (C=O) groups excluding carboxylic acids is 4. The number of aliphatic hydroxyl groups excluding tert-OH is 2. The van der Waals surface area contributed by atoms with Gasteiger partial charge in [0.15, 0.2) is 47.0 Å². The van der Waals surface area contributed by atoms with E-state index in [2.05, 4.69) is 160 Å². The molecule has 6 unspecified atom stereocenters. The van der Waals surface area contributed by atoms with Crippen LogP contribution in [0.3, 0.4) is 0 Å². The number of alkyl carbamates (subject to hydrolysis) is 2. The van der Waals surface area contributed by atoms with E-state index in [1.54, 1.807) is 0 Å². The van der Waals surface area contributed by atoms with Crippen LogP contribution in [-0.2, 0) is 96.7 Å². The Morgan fingerprint density at radius 2 is 0.935 bits per heavy atom. The zero-order valence-corrected chi connectivity index (χ0v) is 73.8. The molecular weight excluding hydrogens is 1810 g/mol. The minimum absolute atomic E-state index is 0.0268. The Bertz CT molecular complexity index is 5980. The number of H-pyrrole nitrogens is 2. The monoisotopic (exact) mass is 1900 g/mol. The number of anilines is 4. The van der Waals surface area contributed by atoms with Gasteiger partial charge in [0, 0.05) is 110 Å². The lowest BCUT2D eigenvalue weighted by Crippen LogP contribution is -2.49. The van der Waals surface area contributed by atoms with E-state index in [4.69, 9.17) is 63.3 Å². The molecule has 6 aromatic heterocycles. The molecule has 12 rings (SSSR count). The molecule has 0 aliphatic carbocycles. The summed E-state index contributed by atoms with van der Waals surface area (Å²) in [6.45, 7) is 5.31. The van der Waals surface area contributed by atoms with Crippen molar-refractivity contribution in [2.45, 2.75) is 166 Å². The molecule has 4 aliphatic heterocycles. The van der Waals surface area contributed by atoms with Gasteiger partial charge in [-0.05, 0) is 137 Å². The summed E-state index contributed by atoms with van der Waals surface area (Å²) in [5, 5.41) is 34.4. The van der Waals surface area contributed by atoms with Gasteiger partial charge in [0.2, 0.25) is 23.7 Å². The molecule has 8 aromatic rings. The molecule has 2 fully saturated rings. The fourth-order valence-corrected chi connectivity index (χ4v) is 22.7. The number of aromatic nitrogens is 8. The predicted molar refractivity (Wildman–Crippen MR) is 442 cm³/mol. The molecule has 2 saturated heterocycles. The molecule has 0 saturated carbocycles. The van der Waals surface area contributed by atoms with Crippen LogP contribution in [0, 0.1) is 13.8 Å². The summed E-state index contributed by atoms with van der Waals surface area (Å²) in [5.41, 5.74) is 14.4. The normalized spacial score (nSPS) is 23.1. The van der Waals surface area contributed by atoms with Crippen LogP contribution >= 0.6 is 44.7 Å². The number of ether oxygens (including phenoxy) is 4. The number of hydrogen-bond donors (Lipinski definition) is 18. The van der Waals surface area contributed by atoms with Crippen molar-refractivity contribution < 1.29 is 141 Å². The number of fused-ring (bicyclic) bond motifs is 6. The first kappa shape index (κ1) is 96.4. The zero-order chi connectivity index (χ0) is 91.1. The standard InChI is InChI=1S/2C33H45N8O17P3S/c1-16-10-24(43)54-21-12-20-18(11-19(16)21)17(2)13-33(3,4)41(20)9-5-6-23(42)35-7-8-36-32(46)56-27-22(14-53-59(47,48)57-60(49,50)58-61(51,52)62)55-30(26(27)44)40-15-37-25-28(40)38-31(34)39-29(25)45;1-16-10-24(43)54-21-12-20-18(11-19(16)21)17(2)13-33(3,4)41(20)9-5-6-23(42)35-7-8-36-32(46)56-27-26(44)22(14-53-59(47,48)57-60(49,50)58-61(51,52)62)55-30(27)40-15-37-25-28(40)38-31(34)39-29(25)45/h2*10-12,15,17,22,26-27,30,44H,5-9,13-14H2,1-4H3,(H,35,42)(H,36,46)(H,47,48)(H,49,50)(H2,51,52,62)(H3,34,38,39,45)/t2*17?,22-,26-,27-,30-/m11/s1. The number of nitrogens with one attached hydrogen (secondary N) is 6. The van der Waals surface area contributed by atoms with Crippen molar-refractivity contribution in [3.05, 3.63) is 113 Å². The van der Waals surface area contributed by atoms with Gasteiger partial charge in [0.05, 0.1) is 25.9 Å². The van der Waals surface area contributed by atoms with Crippen LogP contribution in [-0.4, -0.2) is 213 Å². The summed E-state index contributed by atoms with van der Waals surface area (Å²) in [4.78, 5) is 201. The van der Waals surface area contributed by atoms with E-state index >= 15 is 0 Å². The first-order chi connectivity index (χ1) is 57.7. The molecule has 10 heterocycles. The molecule has 0 bridgehead atoms. The number of hydrogen-bond acceptors (Lipinski definition) is 36. The molecule has 50 nitrogen and oxygen atoms in total. The molecule has 680 valence electrons. The molecule has 4 amide bonds. The minimum Gasteiger partial charge on any atom is -0.440 e. The second-order valence-electron chi connectivity index (χ2n) is 30.4. The Kier molecular flexibility index (Phi) is 29.5. The fraction of sp³-hybridized carbons (Fsp3) is 0.515. The van der Waals surface area contributed by atoms with Gasteiger partial charge >= 0.3 is 68.2 Å². The Balaban J connectivity index is 0.000000241. The smallest absolute Gasteiger partial charge is 0.440 e. The van der Waals surface area contributed by atoms with Gasteiger partial charge in [0.1, 0.15) is 35.6 Å². The lowest BCUT2D eigenvalue weighted by molar-refractivity contribution is -0.121.